The molecular weight excluding hydrogens is 206 g/mol. The summed E-state index contributed by atoms with van der Waals surface area (Å²) in [6.07, 6.45) is 2.08. The molecule has 0 amide bonds. The zero-order chi connectivity index (χ0) is 12.3. The van der Waals surface area contributed by atoms with Crippen LogP contribution in [0.2, 0.25) is 0 Å². The summed E-state index contributed by atoms with van der Waals surface area (Å²) in [4.78, 5) is 13.4. The van der Waals surface area contributed by atoms with Gasteiger partial charge in [0.15, 0.2) is 0 Å². The van der Waals surface area contributed by atoms with Crippen LogP contribution in [0.4, 0.5) is 0 Å². The molecule has 0 aromatic carbocycles. The van der Waals surface area contributed by atoms with Crippen molar-refractivity contribution in [1.29, 1.82) is 0 Å². The number of hydrogen-bond acceptors (Lipinski definition) is 3. The van der Waals surface area contributed by atoms with E-state index in [0.29, 0.717) is 6.04 Å². The minimum absolute atomic E-state index is 0.234. The molecule has 0 aliphatic carbocycles. The number of carboxylic acid groups (broad SMARTS) is 1. The molecule has 0 spiro atoms. The summed E-state index contributed by atoms with van der Waals surface area (Å²) >= 11 is 0. The molecule has 4 heteroatoms. The predicted octanol–water partition coefficient (Wildman–Crippen LogP) is 1.74. The zero-order valence-corrected chi connectivity index (χ0v) is 10.7. The molecule has 1 aliphatic heterocycles. The van der Waals surface area contributed by atoms with Gasteiger partial charge in [-0.05, 0) is 40.2 Å². The van der Waals surface area contributed by atoms with Crippen LogP contribution in [0.25, 0.3) is 0 Å². The normalized spacial score (nSPS) is 27.1. The Morgan fingerprint density at radius 1 is 1.56 bits per heavy atom. The third-order valence-corrected chi connectivity index (χ3v) is 3.48. The van der Waals surface area contributed by atoms with Gasteiger partial charge in [0.05, 0.1) is 6.10 Å². The molecule has 1 saturated heterocycles. The highest BCUT2D eigenvalue weighted by atomic mass is 16.5. The van der Waals surface area contributed by atoms with Crippen molar-refractivity contribution in [2.45, 2.75) is 58.2 Å². The summed E-state index contributed by atoms with van der Waals surface area (Å²) in [5.74, 6) is -0.756. The van der Waals surface area contributed by atoms with Gasteiger partial charge in [-0.1, -0.05) is 6.92 Å². The molecule has 0 bridgehead atoms. The van der Waals surface area contributed by atoms with Crippen LogP contribution in [0.3, 0.4) is 0 Å². The summed E-state index contributed by atoms with van der Waals surface area (Å²) in [7, 11) is 0. The number of nitrogens with zero attached hydrogens (tertiary/aromatic N) is 1. The summed E-state index contributed by atoms with van der Waals surface area (Å²) in [6.45, 7) is 9.12. The minimum atomic E-state index is -0.795. The first kappa shape index (κ1) is 13.5. The minimum Gasteiger partial charge on any atom is -0.480 e. The fraction of sp³-hybridized carbons (Fsp3) is 0.917. The van der Waals surface area contributed by atoms with E-state index in [0.717, 1.165) is 26.0 Å². The molecule has 1 heterocycles. The Morgan fingerprint density at radius 2 is 2.19 bits per heavy atom. The smallest absolute Gasteiger partial charge is 0.323 e. The molecule has 1 fully saturated rings. The molecule has 0 saturated carbocycles. The topological polar surface area (TPSA) is 49.8 Å². The Morgan fingerprint density at radius 3 is 2.62 bits per heavy atom. The van der Waals surface area contributed by atoms with E-state index in [4.69, 9.17) is 4.74 Å². The third-order valence-electron chi connectivity index (χ3n) is 3.48. The van der Waals surface area contributed by atoms with Gasteiger partial charge in [0, 0.05) is 12.6 Å². The van der Waals surface area contributed by atoms with Crippen molar-refractivity contribution in [3.05, 3.63) is 0 Å². The maximum absolute atomic E-state index is 11.3. The van der Waals surface area contributed by atoms with E-state index in [1.54, 1.807) is 13.8 Å². The van der Waals surface area contributed by atoms with E-state index in [1.165, 1.54) is 0 Å². The first-order valence-electron chi connectivity index (χ1n) is 6.01. The van der Waals surface area contributed by atoms with Gasteiger partial charge in [-0.15, -0.1) is 0 Å². The van der Waals surface area contributed by atoms with Crippen molar-refractivity contribution in [2.24, 2.45) is 0 Å². The molecule has 94 valence electrons. The van der Waals surface area contributed by atoms with Crippen LogP contribution >= 0.6 is 0 Å². The number of aliphatic carboxylic acids is 1. The highest BCUT2D eigenvalue weighted by Gasteiger charge is 2.39. The monoisotopic (exact) mass is 229 g/mol. The fourth-order valence-electron chi connectivity index (χ4n) is 2.49. The molecule has 4 nitrogen and oxygen atoms in total. The number of rotatable bonds is 4. The number of likely N-dealkylation sites (N-methyl/N-ethyl adjacent to an activating group) is 1. The van der Waals surface area contributed by atoms with Gasteiger partial charge >= 0.3 is 5.97 Å². The molecule has 1 rings (SSSR count). The van der Waals surface area contributed by atoms with Crippen molar-refractivity contribution in [1.82, 2.24) is 4.90 Å². The number of hydrogen-bond donors (Lipinski definition) is 1. The second-order valence-electron chi connectivity index (χ2n) is 5.01. The summed E-state index contributed by atoms with van der Waals surface area (Å²) in [5, 5.41) is 9.27. The Balaban J connectivity index is 2.77. The van der Waals surface area contributed by atoms with Crippen LogP contribution in [0.15, 0.2) is 0 Å². The molecule has 1 aliphatic rings. The van der Waals surface area contributed by atoms with Gasteiger partial charge in [0.2, 0.25) is 0 Å². The Labute approximate surface area is 97.6 Å². The Bertz CT molecular complexity index is 253. The number of carboxylic acids is 1. The lowest BCUT2D eigenvalue weighted by atomic mass is 9.94. The van der Waals surface area contributed by atoms with Crippen LogP contribution < -0.4 is 0 Å². The maximum Gasteiger partial charge on any atom is 0.323 e. The molecule has 2 unspecified atom stereocenters. The molecule has 0 aromatic rings. The lowest BCUT2D eigenvalue weighted by molar-refractivity contribution is -0.153. The van der Waals surface area contributed by atoms with E-state index >= 15 is 0 Å². The van der Waals surface area contributed by atoms with Crippen molar-refractivity contribution in [2.75, 3.05) is 13.2 Å². The largest absolute Gasteiger partial charge is 0.480 e. The van der Waals surface area contributed by atoms with Crippen molar-refractivity contribution in [3.63, 3.8) is 0 Å². The van der Waals surface area contributed by atoms with Gasteiger partial charge < -0.3 is 9.84 Å². The molecule has 1 N–H and O–H groups in total. The lowest BCUT2D eigenvalue weighted by Crippen LogP contribution is -2.56. The molecule has 16 heavy (non-hydrogen) atoms. The standard InChI is InChI=1S/C12H23NO3/c1-5-13(12(3,4)11(14)15)10-6-7-16-9(2)8-10/h9-10H,5-8H2,1-4H3,(H,14,15). The Kier molecular flexibility index (Phi) is 4.33. The van der Waals surface area contributed by atoms with Gasteiger partial charge in [0.25, 0.3) is 0 Å². The summed E-state index contributed by atoms with van der Waals surface area (Å²) in [5.41, 5.74) is -0.795. The highest BCUT2D eigenvalue weighted by molar-refractivity contribution is 5.77. The zero-order valence-electron chi connectivity index (χ0n) is 10.7. The van der Waals surface area contributed by atoms with E-state index in [-0.39, 0.29) is 6.10 Å². The molecule has 0 aromatic heterocycles. The summed E-state index contributed by atoms with van der Waals surface area (Å²) in [6, 6.07) is 0.319. The van der Waals surface area contributed by atoms with Crippen LogP contribution in [0.1, 0.15) is 40.5 Å². The SMILES string of the molecule is CCN(C1CCOC(C)C1)C(C)(C)C(=O)O. The van der Waals surface area contributed by atoms with Gasteiger partial charge in [-0.25, -0.2) is 0 Å². The van der Waals surface area contributed by atoms with Gasteiger partial charge in [-0.2, -0.15) is 0 Å². The van der Waals surface area contributed by atoms with Crippen LogP contribution in [0, 0.1) is 0 Å². The fourth-order valence-corrected chi connectivity index (χ4v) is 2.49. The van der Waals surface area contributed by atoms with E-state index < -0.39 is 11.5 Å². The van der Waals surface area contributed by atoms with Crippen molar-refractivity contribution >= 4 is 5.97 Å². The quantitative estimate of drug-likeness (QED) is 0.797. The first-order valence-corrected chi connectivity index (χ1v) is 6.01. The van der Waals surface area contributed by atoms with E-state index in [2.05, 4.69) is 4.90 Å². The molecule has 0 radical (unpaired) electrons. The van der Waals surface area contributed by atoms with Gasteiger partial charge in [-0.3, -0.25) is 9.69 Å². The number of carbonyl (C=O) groups is 1. The van der Waals surface area contributed by atoms with Crippen LogP contribution in [-0.2, 0) is 9.53 Å². The van der Waals surface area contributed by atoms with Crippen LogP contribution in [-0.4, -0.2) is 46.8 Å². The lowest BCUT2D eigenvalue weighted by Gasteiger charge is -2.43. The van der Waals surface area contributed by atoms with E-state index in [1.807, 2.05) is 13.8 Å². The molecule has 2 atom stereocenters. The second kappa shape index (κ2) is 5.15. The highest BCUT2D eigenvalue weighted by Crippen LogP contribution is 2.26. The third kappa shape index (κ3) is 2.74. The van der Waals surface area contributed by atoms with Gasteiger partial charge in [0.1, 0.15) is 5.54 Å². The van der Waals surface area contributed by atoms with Crippen molar-refractivity contribution < 1.29 is 14.6 Å². The average molecular weight is 229 g/mol. The number of ether oxygens (including phenoxy) is 1. The van der Waals surface area contributed by atoms with Crippen LogP contribution in [0.5, 0.6) is 0 Å². The second-order valence-corrected chi connectivity index (χ2v) is 5.01. The van der Waals surface area contributed by atoms with Crippen molar-refractivity contribution in [3.8, 4) is 0 Å². The summed E-state index contributed by atoms with van der Waals surface area (Å²) < 4.78 is 5.50. The Hall–Kier alpha value is -0.610. The van der Waals surface area contributed by atoms with E-state index in [9.17, 15) is 9.90 Å². The maximum atomic E-state index is 11.3. The predicted molar refractivity (Wildman–Crippen MR) is 62.5 cm³/mol. The average Bonchev–Trinajstić information content (AvgIpc) is 2.18. The molecular formula is C12H23NO3. The first-order chi connectivity index (χ1) is 7.39.